The minimum Gasteiger partial charge on any atom is -0.454 e. The fraction of sp³-hybridized carbons (Fsp3) is 0.381. The second-order valence-corrected chi connectivity index (χ2v) is 6.40. The molecule has 0 aliphatic carbocycles. The minimum atomic E-state index is -0.922. The first kappa shape index (κ1) is 19.5. The molecule has 2 aromatic carbocycles. The average molecular weight is 372 g/mol. The minimum absolute atomic E-state index is 0.0384. The summed E-state index contributed by atoms with van der Waals surface area (Å²) < 4.78 is 22.7. The second-order valence-electron chi connectivity index (χ2n) is 6.40. The van der Waals surface area contributed by atoms with Crippen LogP contribution in [0.5, 0.6) is 0 Å². The van der Waals surface area contributed by atoms with E-state index >= 15 is 0 Å². The van der Waals surface area contributed by atoms with Crippen molar-refractivity contribution in [2.75, 3.05) is 6.61 Å². The van der Waals surface area contributed by atoms with Gasteiger partial charge >= 0.3 is 5.97 Å². The van der Waals surface area contributed by atoms with Gasteiger partial charge in [0.25, 0.3) is 0 Å². The van der Waals surface area contributed by atoms with E-state index in [-0.39, 0.29) is 13.2 Å². The van der Waals surface area contributed by atoms with E-state index in [0.29, 0.717) is 6.61 Å². The molecule has 0 saturated carbocycles. The lowest BCUT2D eigenvalue weighted by molar-refractivity contribution is -0.287. The lowest BCUT2D eigenvalue weighted by Crippen LogP contribution is -2.56. The fourth-order valence-electron chi connectivity index (χ4n) is 2.94. The van der Waals surface area contributed by atoms with E-state index in [0.717, 1.165) is 11.1 Å². The van der Waals surface area contributed by atoms with Gasteiger partial charge in [-0.05, 0) is 11.1 Å². The van der Waals surface area contributed by atoms with Gasteiger partial charge in [0.05, 0.1) is 19.8 Å². The van der Waals surface area contributed by atoms with E-state index in [4.69, 9.17) is 18.9 Å². The smallest absolute Gasteiger partial charge is 0.303 e. The first-order chi connectivity index (χ1) is 13.1. The highest BCUT2D eigenvalue weighted by molar-refractivity contribution is 5.66. The molecule has 0 radical (unpaired) electrons. The zero-order chi connectivity index (χ0) is 19.1. The van der Waals surface area contributed by atoms with Crippen molar-refractivity contribution in [1.29, 1.82) is 0 Å². The van der Waals surface area contributed by atoms with Crippen molar-refractivity contribution >= 4 is 5.97 Å². The molecule has 6 heteroatoms. The van der Waals surface area contributed by atoms with Crippen LogP contribution in [0.1, 0.15) is 18.1 Å². The molecular formula is C21H24O6. The Kier molecular flexibility index (Phi) is 6.95. The molecule has 1 aliphatic heterocycles. The number of hydrogen-bond acceptors (Lipinski definition) is 6. The highest BCUT2D eigenvalue weighted by atomic mass is 16.7. The van der Waals surface area contributed by atoms with Crippen molar-refractivity contribution in [3.8, 4) is 0 Å². The van der Waals surface area contributed by atoms with Crippen LogP contribution in [-0.2, 0) is 37.0 Å². The standard InChI is InChI=1S/C21H24O6/c1-15(22)27-20-19(24-12-16-8-4-2-5-9-16)18(23)14-26-21(20)25-13-17-10-6-3-7-11-17/h2-11,18-21,23H,12-14H2,1H3/t18-,19-,20+,21-/m0/s1. The van der Waals surface area contributed by atoms with Gasteiger partial charge in [-0.3, -0.25) is 4.79 Å². The summed E-state index contributed by atoms with van der Waals surface area (Å²) in [6, 6.07) is 19.2. The Morgan fingerprint density at radius 3 is 2.07 bits per heavy atom. The zero-order valence-electron chi connectivity index (χ0n) is 15.2. The van der Waals surface area contributed by atoms with E-state index < -0.39 is 30.6 Å². The van der Waals surface area contributed by atoms with Gasteiger partial charge in [0.15, 0.2) is 12.4 Å². The summed E-state index contributed by atoms with van der Waals surface area (Å²) in [4.78, 5) is 11.6. The number of rotatable bonds is 7. The number of benzene rings is 2. The maximum atomic E-state index is 11.6. The normalized spacial score (nSPS) is 25.1. The molecule has 0 spiro atoms. The monoisotopic (exact) mass is 372 g/mol. The molecule has 6 nitrogen and oxygen atoms in total. The van der Waals surface area contributed by atoms with Crippen LogP contribution in [-0.4, -0.2) is 42.3 Å². The Labute approximate surface area is 158 Å². The summed E-state index contributed by atoms with van der Waals surface area (Å²) >= 11 is 0. The van der Waals surface area contributed by atoms with Crippen molar-refractivity contribution in [1.82, 2.24) is 0 Å². The number of aliphatic hydroxyl groups is 1. The second kappa shape index (κ2) is 9.62. The van der Waals surface area contributed by atoms with Gasteiger partial charge in [-0.2, -0.15) is 0 Å². The van der Waals surface area contributed by atoms with Crippen LogP contribution in [0.15, 0.2) is 60.7 Å². The van der Waals surface area contributed by atoms with Gasteiger partial charge in [0.1, 0.15) is 12.2 Å². The molecular weight excluding hydrogens is 348 g/mol. The summed E-state index contributed by atoms with van der Waals surface area (Å²) in [6.45, 7) is 1.93. The molecule has 4 atom stereocenters. The molecule has 3 rings (SSSR count). The van der Waals surface area contributed by atoms with Gasteiger partial charge < -0.3 is 24.1 Å². The van der Waals surface area contributed by atoms with Gasteiger partial charge in [0.2, 0.25) is 0 Å². The Balaban J connectivity index is 1.68. The summed E-state index contributed by atoms with van der Waals surface area (Å²) in [5.41, 5.74) is 1.93. The van der Waals surface area contributed by atoms with E-state index in [2.05, 4.69) is 0 Å². The van der Waals surface area contributed by atoms with Gasteiger partial charge in [-0.15, -0.1) is 0 Å². The third-order valence-electron chi connectivity index (χ3n) is 4.25. The largest absolute Gasteiger partial charge is 0.454 e. The van der Waals surface area contributed by atoms with E-state index in [1.54, 1.807) is 0 Å². The van der Waals surface area contributed by atoms with Crippen molar-refractivity contribution in [2.45, 2.75) is 44.7 Å². The van der Waals surface area contributed by atoms with Crippen LogP contribution in [0.3, 0.4) is 0 Å². The van der Waals surface area contributed by atoms with E-state index in [1.165, 1.54) is 6.92 Å². The first-order valence-electron chi connectivity index (χ1n) is 8.91. The predicted octanol–water partition coefficient (Wildman–Crippen LogP) is 2.44. The van der Waals surface area contributed by atoms with Crippen molar-refractivity contribution in [3.05, 3.63) is 71.8 Å². The number of carbonyl (C=O) groups is 1. The number of aliphatic hydroxyl groups excluding tert-OH is 1. The summed E-state index contributed by atoms with van der Waals surface area (Å²) in [7, 11) is 0. The molecule has 0 amide bonds. The molecule has 1 heterocycles. The van der Waals surface area contributed by atoms with Gasteiger partial charge in [0, 0.05) is 6.92 Å². The maximum absolute atomic E-state index is 11.6. The quantitative estimate of drug-likeness (QED) is 0.753. The summed E-state index contributed by atoms with van der Waals surface area (Å²) in [5.74, 6) is -0.487. The zero-order valence-corrected chi connectivity index (χ0v) is 15.2. The van der Waals surface area contributed by atoms with Crippen molar-refractivity contribution < 1.29 is 28.8 Å². The van der Waals surface area contributed by atoms with Crippen LogP contribution in [0.4, 0.5) is 0 Å². The topological polar surface area (TPSA) is 74.2 Å². The van der Waals surface area contributed by atoms with Crippen LogP contribution in [0.2, 0.25) is 0 Å². The lowest BCUT2D eigenvalue weighted by atomic mass is 10.0. The summed E-state index contributed by atoms with van der Waals surface area (Å²) in [5, 5.41) is 10.3. The molecule has 144 valence electrons. The number of ether oxygens (including phenoxy) is 4. The number of hydrogen-bond donors (Lipinski definition) is 1. The van der Waals surface area contributed by atoms with E-state index in [9.17, 15) is 9.90 Å². The Bertz CT molecular complexity index is 705. The molecule has 1 N–H and O–H groups in total. The molecule has 2 aromatic rings. The lowest BCUT2D eigenvalue weighted by Gasteiger charge is -2.39. The van der Waals surface area contributed by atoms with Crippen molar-refractivity contribution in [3.63, 3.8) is 0 Å². The van der Waals surface area contributed by atoms with Crippen molar-refractivity contribution in [2.24, 2.45) is 0 Å². The highest BCUT2D eigenvalue weighted by Crippen LogP contribution is 2.24. The molecule has 0 aromatic heterocycles. The third kappa shape index (κ3) is 5.61. The van der Waals surface area contributed by atoms with Gasteiger partial charge in [-0.25, -0.2) is 0 Å². The molecule has 27 heavy (non-hydrogen) atoms. The maximum Gasteiger partial charge on any atom is 0.303 e. The Hall–Kier alpha value is -2.25. The molecule has 1 aliphatic rings. The molecule has 0 unspecified atom stereocenters. The molecule has 1 fully saturated rings. The number of esters is 1. The SMILES string of the molecule is CC(=O)O[C@H]1[C@@H](OCc2ccccc2)OC[C@H](O)[C@@H]1OCc1ccccc1. The van der Waals surface area contributed by atoms with Gasteiger partial charge in [-0.1, -0.05) is 60.7 Å². The van der Waals surface area contributed by atoms with Crippen LogP contribution in [0, 0.1) is 0 Å². The van der Waals surface area contributed by atoms with Crippen LogP contribution < -0.4 is 0 Å². The Morgan fingerprint density at radius 1 is 0.963 bits per heavy atom. The van der Waals surface area contributed by atoms with E-state index in [1.807, 2.05) is 60.7 Å². The highest BCUT2D eigenvalue weighted by Gasteiger charge is 2.43. The average Bonchev–Trinajstić information content (AvgIpc) is 2.68. The van der Waals surface area contributed by atoms with Crippen LogP contribution in [0.25, 0.3) is 0 Å². The number of carbonyl (C=O) groups excluding carboxylic acids is 1. The molecule has 1 saturated heterocycles. The first-order valence-corrected chi connectivity index (χ1v) is 8.91. The third-order valence-corrected chi connectivity index (χ3v) is 4.25. The fourth-order valence-corrected chi connectivity index (χ4v) is 2.94. The van der Waals surface area contributed by atoms with Crippen LogP contribution >= 0.6 is 0 Å². The summed E-state index contributed by atoms with van der Waals surface area (Å²) in [6.07, 6.45) is -3.35. The molecule has 0 bridgehead atoms. The predicted molar refractivity (Wildman–Crippen MR) is 97.6 cm³/mol. The Morgan fingerprint density at radius 2 is 1.52 bits per heavy atom.